The smallest absolute Gasteiger partial charge is 0.335 e. The van der Waals surface area contributed by atoms with Gasteiger partial charge in [-0.1, -0.05) is 0 Å². The topological polar surface area (TPSA) is 113 Å². The molecule has 0 atom stereocenters. The van der Waals surface area contributed by atoms with Crippen molar-refractivity contribution < 1.29 is 32.2 Å². The van der Waals surface area contributed by atoms with Gasteiger partial charge in [0.1, 0.15) is 11.6 Å². The molecule has 1 heterocycles. The minimum Gasteiger partial charge on any atom is -0.478 e. The Bertz CT molecular complexity index is 1080. The molecule has 3 rings (SSSR count). The first-order valence-electron chi connectivity index (χ1n) is 10.1. The van der Waals surface area contributed by atoms with Gasteiger partial charge in [0.15, 0.2) is 5.60 Å². The molecule has 1 fully saturated rings. The van der Waals surface area contributed by atoms with Gasteiger partial charge in [-0.3, -0.25) is 4.79 Å². The number of nitrogens with one attached hydrogen (secondary N) is 1. The van der Waals surface area contributed by atoms with Crippen molar-refractivity contribution in [3.05, 3.63) is 59.9 Å². The summed E-state index contributed by atoms with van der Waals surface area (Å²) in [5.74, 6) is -1.40. The van der Waals surface area contributed by atoms with Crippen LogP contribution in [-0.4, -0.2) is 55.0 Å². The standard InChI is InChI=1S/C22H25FN2O6S/c1-22(2,31-18-7-5-16(23)6-8-18)21(28)25-13-11-17(12-14-25)24-32(29,30)19-9-3-15(4-10-19)20(26)27/h3-10,17,24H,11-14H2,1-2H3,(H,26,27). The minimum absolute atomic E-state index is 0.00115. The SMILES string of the molecule is CC(C)(Oc1ccc(F)cc1)C(=O)N1CCC(NS(=O)(=O)c2ccc(C(=O)O)cc2)CC1. The number of benzene rings is 2. The van der Waals surface area contributed by atoms with Gasteiger partial charge in [-0.15, -0.1) is 0 Å². The van der Waals surface area contributed by atoms with Crippen molar-refractivity contribution in [1.29, 1.82) is 0 Å². The van der Waals surface area contributed by atoms with E-state index in [2.05, 4.69) is 4.72 Å². The van der Waals surface area contributed by atoms with Crippen LogP contribution in [0, 0.1) is 5.82 Å². The van der Waals surface area contributed by atoms with Crippen molar-refractivity contribution in [2.45, 2.75) is 43.2 Å². The molecule has 0 aliphatic carbocycles. The van der Waals surface area contributed by atoms with E-state index in [0.717, 1.165) is 0 Å². The number of carbonyl (C=O) groups excluding carboxylic acids is 1. The molecule has 8 nitrogen and oxygen atoms in total. The Balaban J connectivity index is 1.57. The largest absolute Gasteiger partial charge is 0.478 e. The number of carbonyl (C=O) groups is 2. The van der Waals surface area contributed by atoms with Gasteiger partial charge in [0, 0.05) is 19.1 Å². The van der Waals surface area contributed by atoms with Crippen molar-refractivity contribution in [2.24, 2.45) is 0 Å². The van der Waals surface area contributed by atoms with Crippen LogP contribution < -0.4 is 9.46 Å². The molecule has 0 spiro atoms. The number of piperidine rings is 1. The highest BCUT2D eigenvalue weighted by atomic mass is 32.2. The number of halogens is 1. The van der Waals surface area contributed by atoms with E-state index in [-0.39, 0.29) is 22.4 Å². The third-order valence-corrected chi connectivity index (χ3v) is 6.75. The molecule has 1 saturated heterocycles. The molecule has 0 saturated carbocycles. The van der Waals surface area contributed by atoms with Gasteiger partial charge in [-0.2, -0.15) is 0 Å². The molecule has 10 heteroatoms. The number of likely N-dealkylation sites (tertiary alicyclic amines) is 1. The zero-order valence-corrected chi connectivity index (χ0v) is 18.6. The molecule has 0 unspecified atom stereocenters. The first-order chi connectivity index (χ1) is 15.0. The van der Waals surface area contributed by atoms with Gasteiger partial charge in [-0.25, -0.2) is 22.3 Å². The number of nitrogens with zero attached hydrogens (tertiary/aromatic N) is 1. The van der Waals surface area contributed by atoms with Gasteiger partial charge in [0.05, 0.1) is 10.5 Å². The third-order valence-electron chi connectivity index (χ3n) is 5.22. The number of hydrogen-bond donors (Lipinski definition) is 2. The number of ether oxygens (including phenoxy) is 1. The second-order valence-electron chi connectivity index (χ2n) is 8.08. The van der Waals surface area contributed by atoms with Crippen LogP contribution in [0.4, 0.5) is 4.39 Å². The van der Waals surface area contributed by atoms with E-state index in [4.69, 9.17) is 9.84 Å². The molecule has 2 aromatic carbocycles. The Kier molecular flexibility index (Phi) is 6.85. The Morgan fingerprint density at radius 3 is 2.16 bits per heavy atom. The molecule has 1 amide bonds. The number of carboxylic acids is 1. The average molecular weight is 465 g/mol. The zero-order valence-electron chi connectivity index (χ0n) is 17.7. The molecule has 2 N–H and O–H groups in total. The lowest BCUT2D eigenvalue weighted by Gasteiger charge is -2.37. The molecule has 0 aromatic heterocycles. The summed E-state index contributed by atoms with van der Waals surface area (Å²) < 4.78 is 46.6. The number of hydrogen-bond acceptors (Lipinski definition) is 5. The second kappa shape index (κ2) is 9.25. The first kappa shape index (κ1) is 23.7. The van der Waals surface area contributed by atoms with Crippen LogP contribution in [0.2, 0.25) is 0 Å². The van der Waals surface area contributed by atoms with Crippen molar-refractivity contribution >= 4 is 21.9 Å². The quantitative estimate of drug-likeness (QED) is 0.651. The Morgan fingerprint density at radius 2 is 1.62 bits per heavy atom. The number of rotatable bonds is 7. The summed E-state index contributed by atoms with van der Waals surface area (Å²) >= 11 is 0. The number of carboxylic acid groups (broad SMARTS) is 1. The molecule has 0 radical (unpaired) electrons. The molecular formula is C22H25FN2O6S. The van der Waals surface area contributed by atoms with Gasteiger partial charge < -0.3 is 14.7 Å². The summed E-state index contributed by atoms with van der Waals surface area (Å²) in [5.41, 5.74) is -1.17. The zero-order chi connectivity index (χ0) is 23.5. The highest BCUT2D eigenvalue weighted by Crippen LogP contribution is 2.23. The highest BCUT2D eigenvalue weighted by Gasteiger charge is 2.36. The van der Waals surface area contributed by atoms with Crippen LogP contribution in [-0.2, 0) is 14.8 Å². The monoisotopic (exact) mass is 464 g/mol. The summed E-state index contributed by atoms with van der Waals surface area (Å²) in [5, 5.41) is 8.94. The fourth-order valence-electron chi connectivity index (χ4n) is 3.49. The summed E-state index contributed by atoms with van der Waals surface area (Å²) in [7, 11) is -3.81. The van der Waals surface area contributed by atoms with Crippen LogP contribution >= 0.6 is 0 Å². The van der Waals surface area contributed by atoms with Gasteiger partial charge in [0.2, 0.25) is 10.0 Å². The van der Waals surface area contributed by atoms with Crippen molar-refractivity contribution in [2.75, 3.05) is 13.1 Å². The summed E-state index contributed by atoms with van der Waals surface area (Å²) in [6, 6.07) is 10.0. The molecule has 0 bridgehead atoms. The van der Waals surface area contributed by atoms with Crippen LogP contribution in [0.25, 0.3) is 0 Å². The molecule has 1 aliphatic rings. The number of aromatic carboxylic acids is 1. The average Bonchev–Trinajstić information content (AvgIpc) is 2.75. The maximum atomic E-state index is 13.1. The van der Waals surface area contributed by atoms with Crippen LogP contribution in [0.5, 0.6) is 5.75 Å². The minimum atomic E-state index is -3.81. The van der Waals surface area contributed by atoms with E-state index in [1.165, 1.54) is 48.5 Å². The Morgan fingerprint density at radius 1 is 1.06 bits per heavy atom. The van der Waals surface area contributed by atoms with Crippen molar-refractivity contribution in [3.63, 3.8) is 0 Å². The lowest BCUT2D eigenvalue weighted by atomic mass is 10.0. The first-order valence-corrected chi connectivity index (χ1v) is 11.6. The van der Waals surface area contributed by atoms with Crippen molar-refractivity contribution in [1.82, 2.24) is 9.62 Å². The van der Waals surface area contributed by atoms with Gasteiger partial charge in [0.25, 0.3) is 5.91 Å². The van der Waals surface area contributed by atoms with E-state index in [9.17, 15) is 22.4 Å². The maximum Gasteiger partial charge on any atom is 0.335 e. The van der Waals surface area contributed by atoms with Crippen LogP contribution in [0.15, 0.2) is 53.4 Å². The normalized spacial score (nSPS) is 15.4. The molecule has 172 valence electrons. The molecule has 1 aliphatic heterocycles. The third kappa shape index (κ3) is 5.63. The maximum absolute atomic E-state index is 13.1. The van der Waals surface area contributed by atoms with Crippen molar-refractivity contribution in [3.8, 4) is 5.75 Å². The van der Waals surface area contributed by atoms with E-state index in [0.29, 0.717) is 31.7 Å². The molecule has 2 aromatic rings. The van der Waals surface area contributed by atoms with E-state index in [1.54, 1.807) is 18.7 Å². The predicted octanol–water partition coefficient (Wildman–Crippen LogP) is 2.65. The van der Waals surface area contributed by atoms with E-state index < -0.39 is 27.4 Å². The number of sulfonamides is 1. The Labute approximate surface area is 186 Å². The van der Waals surface area contributed by atoms with E-state index >= 15 is 0 Å². The van der Waals surface area contributed by atoms with Crippen LogP contribution in [0.3, 0.4) is 0 Å². The second-order valence-corrected chi connectivity index (χ2v) is 9.80. The lowest BCUT2D eigenvalue weighted by molar-refractivity contribution is -0.146. The fraction of sp³-hybridized carbons (Fsp3) is 0.364. The lowest BCUT2D eigenvalue weighted by Crippen LogP contribution is -2.53. The molecule has 32 heavy (non-hydrogen) atoms. The van der Waals surface area contributed by atoms with Gasteiger partial charge in [-0.05, 0) is 75.2 Å². The van der Waals surface area contributed by atoms with Crippen LogP contribution in [0.1, 0.15) is 37.0 Å². The summed E-state index contributed by atoms with van der Waals surface area (Å²) in [6.45, 7) is 3.96. The highest BCUT2D eigenvalue weighted by molar-refractivity contribution is 7.89. The summed E-state index contributed by atoms with van der Waals surface area (Å²) in [4.78, 5) is 25.5. The predicted molar refractivity (Wildman–Crippen MR) is 114 cm³/mol. The summed E-state index contributed by atoms with van der Waals surface area (Å²) in [6.07, 6.45) is 0.843. The van der Waals surface area contributed by atoms with Gasteiger partial charge >= 0.3 is 5.97 Å². The number of amides is 1. The Hall–Kier alpha value is -2.98. The molecular weight excluding hydrogens is 439 g/mol. The fourth-order valence-corrected chi connectivity index (χ4v) is 4.79. The van der Waals surface area contributed by atoms with E-state index in [1.807, 2.05) is 0 Å².